The van der Waals surface area contributed by atoms with Gasteiger partial charge in [0.2, 0.25) is 5.88 Å². The Labute approximate surface area is 168 Å². The molecule has 1 atom stereocenters. The molecule has 28 heavy (non-hydrogen) atoms. The highest BCUT2D eigenvalue weighted by atomic mass is 32.1. The van der Waals surface area contributed by atoms with Gasteiger partial charge in [0.1, 0.15) is 0 Å². The Morgan fingerprint density at radius 2 is 1.86 bits per heavy atom. The lowest BCUT2D eigenvalue weighted by atomic mass is 9.90. The molecule has 0 fully saturated rings. The maximum Gasteiger partial charge on any atom is 0.260 e. The lowest BCUT2D eigenvalue weighted by Crippen LogP contribution is -2.35. The highest BCUT2D eigenvalue weighted by molar-refractivity contribution is 7.71. The minimum Gasteiger partial charge on any atom is -0.494 e. The van der Waals surface area contributed by atoms with Crippen molar-refractivity contribution in [3.05, 3.63) is 85.9 Å². The molecule has 1 aliphatic heterocycles. The number of rotatable bonds is 3. The second-order valence-electron chi connectivity index (χ2n) is 7.41. The molecule has 0 amide bonds. The molecule has 0 unspecified atom stereocenters. The SMILES string of the molecule is CC(C)c1ccc(-n2c(O)c([C@@H]3NCCc4ccccc43)c(=O)[nH]c2=S)cc1. The van der Waals surface area contributed by atoms with E-state index in [0.29, 0.717) is 11.6 Å². The Balaban J connectivity index is 1.88. The molecule has 5 nitrogen and oxygen atoms in total. The molecule has 1 aliphatic rings. The van der Waals surface area contributed by atoms with Gasteiger partial charge in [0.15, 0.2) is 4.77 Å². The van der Waals surface area contributed by atoms with Gasteiger partial charge >= 0.3 is 0 Å². The largest absolute Gasteiger partial charge is 0.494 e. The monoisotopic (exact) mass is 393 g/mol. The number of hydrogen-bond acceptors (Lipinski definition) is 4. The third-order valence-electron chi connectivity index (χ3n) is 5.34. The number of aromatic nitrogens is 2. The van der Waals surface area contributed by atoms with E-state index >= 15 is 0 Å². The number of nitrogens with one attached hydrogen (secondary N) is 2. The predicted molar refractivity (Wildman–Crippen MR) is 113 cm³/mol. The molecule has 144 valence electrons. The second kappa shape index (κ2) is 7.37. The van der Waals surface area contributed by atoms with E-state index in [0.717, 1.165) is 18.5 Å². The number of fused-ring (bicyclic) bond motifs is 1. The van der Waals surface area contributed by atoms with Crippen molar-refractivity contribution in [2.75, 3.05) is 6.54 Å². The van der Waals surface area contributed by atoms with Crippen molar-refractivity contribution in [2.24, 2.45) is 0 Å². The van der Waals surface area contributed by atoms with E-state index in [9.17, 15) is 9.90 Å². The maximum absolute atomic E-state index is 12.8. The summed E-state index contributed by atoms with van der Waals surface area (Å²) >= 11 is 5.36. The zero-order valence-corrected chi connectivity index (χ0v) is 16.7. The molecule has 0 saturated heterocycles. The van der Waals surface area contributed by atoms with Gasteiger partial charge in [0.25, 0.3) is 5.56 Å². The molecule has 0 saturated carbocycles. The average molecular weight is 394 g/mol. The zero-order valence-electron chi connectivity index (χ0n) is 15.9. The normalized spacial score (nSPS) is 16.2. The summed E-state index contributed by atoms with van der Waals surface area (Å²) in [5, 5.41) is 14.5. The van der Waals surface area contributed by atoms with E-state index < -0.39 is 0 Å². The van der Waals surface area contributed by atoms with Crippen LogP contribution >= 0.6 is 12.2 Å². The first-order valence-corrected chi connectivity index (χ1v) is 9.88. The Hall–Kier alpha value is -2.70. The topological polar surface area (TPSA) is 70.0 Å². The van der Waals surface area contributed by atoms with Crippen LogP contribution in [0.25, 0.3) is 5.69 Å². The highest BCUT2D eigenvalue weighted by Gasteiger charge is 2.28. The van der Waals surface area contributed by atoms with Crippen molar-refractivity contribution in [1.82, 2.24) is 14.9 Å². The van der Waals surface area contributed by atoms with E-state index in [2.05, 4.69) is 30.2 Å². The Morgan fingerprint density at radius 1 is 1.14 bits per heavy atom. The minimum atomic E-state index is -0.384. The fourth-order valence-electron chi connectivity index (χ4n) is 3.81. The Morgan fingerprint density at radius 3 is 2.57 bits per heavy atom. The van der Waals surface area contributed by atoms with Crippen molar-refractivity contribution >= 4 is 12.2 Å². The van der Waals surface area contributed by atoms with Crippen LogP contribution in [-0.2, 0) is 6.42 Å². The van der Waals surface area contributed by atoms with Crippen LogP contribution in [-0.4, -0.2) is 21.2 Å². The first-order chi connectivity index (χ1) is 13.5. The first-order valence-electron chi connectivity index (χ1n) is 9.47. The number of benzene rings is 2. The van der Waals surface area contributed by atoms with Crippen LogP contribution in [0.3, 0.4) is 0 Å². The molecule has 6 heteroatoms. The molecule has 2 heterocycles. The van der Waals surface area contributed by atoms with Crippen molar-refractivity contribution in [2.45, 2.75) is 32.2 Å². The molecule has 0 spiro atoms. The van der Waals surface area contributed by atoms with E-state index in [1.165, 1.54) is 15.7 Å². The molecule has 3 aromatic rings. The molecule has 0 aliphatic carbocycles. The number of hydrogen-bond donors (Lipinski definition) is 3. The summed E-state index contributed by atoms with van der Waals surface area (Å²) in [5.74, 6) is 0.282. The van der Waals surface area contributed by atoms with Gasteiger partial charge in [-0.2, -0.15) is 0 Å². The Kier molecular flexibility index (Phi) is 4.91. The quantitative estimate of drug-likeness (QED) is 0.589. The predicted octanol–water partition coefficient (Wildman–Crippen LogP) is 3.96. The maximum atomic E-state index is 12.8. The van der Waals surface area contributed by atoms with Crippen molar-refractivity contribution in [3.8, 4) is 11.6 Å². The van der Waals surface area contributed by atoms with Gasteiger partial charge in [-0.3, -0.25) is 14.3 Å². The van der Waals surface area contributed by atoms with E-state index in [-0.39, 0.29) is 27.8 Å². The first kappa shape index (κ1) is 18.7. The molecule has 3 N–H and O–H groups in total. The molecule has 1 aromatic heterocycles. The van der Waals surface area contributed by atoms with Crippen LogP contribution in [0.15, 0.2) is 53.3 Å². The van der Waals surface area contributed by atoms with E-state index in [1.807, 2.05) is 42.5 Å². The third kappa shape index (κ3) is 3.19. The second-order valence-corrected chi connectivity index (χ2v) is 7.80. The van der Waals surface area contributed by atoms with Gasteiger partial charge in [-0.05, 0) is 53.4 Å². The lowest BCUT2D eigenvalue weighted by Gasteiger charge is -2.27. The fourth-order valence-corrected chi connectivity index (χ4v) is 4.09. The average Bonchev–Trinajstić information content (AvgIpc) is 2.68. The van der Waals surface area contributed by atoms with Gasteiger partial charge in [0.05, 0.1) is 17.3 Å². The van der Waals surface area contributed by atoms with Gasteiger partial charge in [-0.25, -0.2) is 0 Å². The van der Waals surface area contributed by atoms with E-state index in [1.54, 1.807) is 0 Å². The summed E-state index contributed by atoms with van der Waals surface area (Å²) in [6, 6.07) is 15.5. The smallest absolute Gasteiger partial charge is 0.260 e. The van der Waals surface area contributed by atoms with Crippen LogP contribution in [0.2, 0.25) is 0 Å². The van der Waals surface area contributed by atoms with Crippen molar-refractivity contribution in [1.29, 1.82) is 0 Å². The summed E-state index contributed by atoms with van der Waals surface area (Å²) in [4.78, 5) is 15.5. The summed E-state index contributed by atoms with van der Waals surface area (Å²) < 4.78 is 1.70. The number of aromatic amines is 1. The van der Waals surface area contributed by atoms with Crippen LogP contribution in [0.1, 0.15) is 48.1 Å². The van der Waals surface area contributed by atoms with Crippen LogP contribution in [0, 0.1) is 4.77 Å². The van der Waals surface area contributed by atoms with Gasteiger partial charge in [-0.15, -0.1) is 0 Å². The van der Waals surface area contributed by atoms with Gasteiger partial charge in [-0.1, -0.05) is 50.2 Å². The van der Waals surface area contributed by atoms with E-state index in [4.69, 9.17) is 12.2 Å². The van der Waals surface area contributed by atoms with Gasteiger partial charge in [0, 0.05) is 6.54 Å². The number of H-pyrrole nitrogens is 1. The van der Waals surface area contributed by atoms with Gasteiger partial charge < -0.3 is 10.4 Å². The number of aromatic hydroxyl groups is 1. The molecule has 4 rings (SSSR count). The fraction of sp³-hybridized carbons (Fsp3) is 0.273. The summed E-state index contributed by atoms with van der Waals surface area (Å²) in [5.41, 5.74) is 4.02. The molecule has 0 bridgehead atoms. The van der Waals surface area contributed by atoms with Crippen molar-refractivity contribution in [3.63, 3.8) is 0 Å². The summed E-state index contributed by atoms with van der Waals surface area (Å²) in [6.45, 7) is 4.99. The van der Waals surface area contributed by atoms with Crippen molar-refractivity contribution < 1.29 is 5.11 Å². The summed E-state index contributed by atoms with van der Waals surface area (Å²) in [7, 11) is 0. The summed E-state index contributed by atoms with van der Waals surface area (Å²) in [6.07, 6.45) is 0.890. The third-order valence-corrected chi connectivity index (χ3v) is 5.62. The Bertz CT molecular complexity index is 1130. The highest BCUT2D eigenvalue weighted by Crippen LogP contribution is 2.32. The van der Waals surface area contributed by atoms with Crippen LogP contribution < -0.4 is 10.9 Å². The van der Waals surface area contributed by atoms with Crippen LogP contribution in [0.5, 0.6) is 5.88 Å². The molecule has 2 aromatic carbocycles. The zero-order chi connectivity index (χ0) is 19.8. The van der Waals surface area contributed by atoms with Crippen LogP contribution in [0.4, 0.5) is 0 Å². The molecular weight excluding hydrogens is 370 g/mol. The molecule has 0 radical (unpaired) electrons. The standard InChI is InChI=1S/C22H23N3O2S/c1-13(2)14-7-9-16(10-8-14)25-21(27)18(20(26)24-22(25)28)19-17-6-4-3-5-15(17)11-12-23-19/h3-10,13,19,23,27H,11-12H2,1-2H3,(H,24,26,28)/t19-/m1/s1. The molecular formula is C22H23N3O2S. The lowest BCUT2D eigenvalue weighted by molar-refractivity contribution is 0.413. The minimum absolute atomic E-state index is 0.125. The number of nitrogens with zero attached hydrogens (tertiary/aromatic N) is 1.